The van der Waals surface area contributed by atoms with Crippen molar-refractivity contribution in [1.82, 2.24) is 19.9 Å². The van der Waals surface area contributed by atoms with E-state index in [2.05, 4.69) is 15.0 Å². The van der Waals surface area contributed by atoms with Gasteiger partial charge in [-0.1, -0.05) is 6.07 Å². The van der Waals surface area contributed by atoms with Gasteiger partial charge in [0.05, 0.1) is 17.0 Å². The number of rotatable bonds is 4. The van der Waals surface area contributed by atoms with Crippen LogP contribution in [0.2, 0.25) is 0 Å². The third kappa shape index (κ3) is 4.14. The molecule has 156 valence electrons. The van der Waals surface area contributed by atoms with E-state index >= 15 is 0 Å². The summed E-state index contributed by atoms with van der Waals surface area (Å²) in [5, 5.41) is -0.312. The van der Waals surface area contributed by atoms with E-state index in [9.17, 15) is 22.0 Å². The highest BCUT2D eigenvalue weighted by Crippen LogP contribution is 2.23. The Morgan fingerprint density at radius 3 is 2.67 bits per heavy atom. The fourth-order valence-corrected chi connectivity index (χ4v) is 3.96. The molecule has 0 bridgehead atoms. The van der Waals surface area contributed by atoms with Crippen LogP contribution in [0.1, 0.15) is 16.8 Å². The standard InChI is InChI=1S/C20H18F2N4O3S/c1-30(28,29)20-24-18-6-7-26(11-15(18)19(27)25-20)10-12-2-5-17(23-9-12)14-4-3-13(21)8-16(14)22/h2-5,8-9H,6-7,10-11H2,1H3,(H,24,25,27). The maximum Gasteiger partial charge on any atom is 0.256 e. The number of sulfone groups is 1. The number of pyridine rings is 1. The average molecular weight is 432 g/mol. The van der Waals surface area contributed by atoms with Gasteiger partial charge in [-0.25, -0.2) is 22.2 Å². The van der Waals surface area contributed by atoms with Gasteiger partial charge in [0.15, 0.2) is 0 Å². The van der Waals surface area contributed by atoms with E-state index in [4.69, 9.17) is 0 Å². The lowest BCUT2D eigenvalue weighted by atomic mass is 10.1. The van der Waals surface area contributed by atoms with Gasteiger partial charge in [-0.15, -0.1) is 0 Å². The number of H-pyrrole nitrogens is 1. The van der Waals surface area contributed by atoms with Crippen molar-refractivity contribution in [3.63, 3.8) is 0 Å². The molecule has 30 heavy (non-hydrogen) atoms. The second-order valence-electron chi connectivity index (χ2n) is 7.21. The predicted molar refractivity (Wildman–Crippen MR) is 105 cm³/mol. The molecule has 7 nitrogen and oxygen atoms in total. The summed E-state index contributed by atoms with van der Waals surface area (Å²) in [5.41, 5.74) is 1.97. The van der Waals surface area contributed by atoms with Gasteiger partial charge < -0.3 is 0 Å². The van der Waals surface area contributed by atoms with E-state index in [1.807, 2.05) is 4.90 Å². The van der Waals surface area contributed by atoms with Crippen molar-refractivity contribution in [3.05, 3.63) is 75.3 Å². The Kier molecular flexibility index (Phi) is 5.20. The topological polar surface area (TPSA) is 96.0 Å². The summed E-state index contributed by atoms with van der Waals surface area (Å²) in [6, 6.07) is 6.81. The highest BCUT2D eigenvalue weighted by atomic mass is 32.2. The van der Waals surface area contributed by atoms with Crippen molar-refractivity contribution in [3.8, 4) is 11.3 Å². The fraction of sp³-hybridized carbons (Fsp3) is 0.250. The molecule has 10 heteroatoms. The van der Waals surface area contributed by atoms with Gasteiger partial charge in [-0.3, -0.25) is 19.7 Å². The smallest absolute Gasteiger partial charge is 0.256 e. The minimum atomic E-state index is -3.59. The third-order valence-corrected chi connectivity index (χ3v) is 5.81. The van der Waals surface area contributed by atoms with Crippen molar-refractivity contribution in [2.75, 3.05) is 12.8 Å². The van der Waals surface area contributed by atoms with Crippen LogP contribution in [0.15, 0.2) is 46.5 Å². The van der Waals surface area contributed by atoms with Gasteiger partial charge in [0.2, 0.25) is 15.0 Å². The molecule has 0 amide bonds. The fourth-order valence-electron chi connectivity index (χ4n) is 3.40. The minimum absolute atomic E-state index is 0.217. The summed E-state index contributed by atoms with van der Waals surface area (Å²) in [6.45, 7) is 1.43. The number of aromatic nitrogens is 3. The third-order valence-electron chi connectivity index (χ3n) is 4.92. The zero-order valence-electron chi connectivity index (χ0n) is 16.0. The molecule has 1 aliphatic heterocycles. The average Bonchev–Trinajstić information content (AvgIpc) is 2.68. The summed E-state index contributed by atoms with van der Waals surface area (Å²) in [7, 11) is -3.59. The number of benzene rings is 1. The lowest BCUT2D eigenvalue weighted by molar-refractivity contribution is 0.240. The minimum Gasteiger partial charge on any atom is -0.297 e. The van der Waals surface area contributed by atoms with Gasteiger partial charge >= 0.3 is 0 Å². The zero-order chi connectivity index (χ0) is 21.5. The Morgan fingerprint density at radius 2 is 2.00 bits per heavy atom. The number of hydrogen-bond acceptors (Lipinski definition) is 6. The van der Waals surface area contributed by atoms with Crippen LogP contribution in [0.4, 0.5) is 8.78 Å². The summed E-state index contributed by atoms with van der Waals surface area (Å²) in [4.78, 5) is 25.1. The van der Waals surface area contributed by atoms with Crippen LogP contribution in [-0.2, 0) is 29.3 Å². The number of nitrogens with one attached hydrogen (secondary N) is 1. The van der Waals surface area contributed by atoms with Gasteiger partial charge in [0, 0.05) is 50.1 Å². The quantitative estimate of drug-likeness (QED) is 0.634. The predicted octanol–water partition coefficient (Wildman–Crippen LogP) is 2.07. The molecule has 0 radical (unpaired) electrons. The molecule has 0 atom stereocenters. The summed E-state index contributed by atoms with van der Waals surface area (Å²) >= 11 is 0. The zero-order valence-corrected chi connectivity index (χ0v) is 16.8. The largest absolute Gasteiger partial charge is 0.297 e. The highest BCUT2D eigenvalue weighted by molar-refractivity contribution is 7.90. The first kappa shape index (κ1) is 20.3. The van der Waals surface area contributed by atoms with E-state index in [0.29, 0.717) is 43.0 Å². The van der Waals surface area contributed by atoms with E-state index in [0.717, 1.165) is 17.9 Å². The van der Waals surface area contributed by atoms with Crippen LogP contribution in [0, 0.1) is 11.6 Å². The van der Waals surface area contributed by atoms with E-state index in [1.54, 1.807) is 18.3 Å². The molecule has 0 unspecified atom stereocenters. The molecule has 0 spiro atoms. The maximum absolute atomic E-state index is 13.9. The Hall–Kier alpha value is -2.98. The van der Waals surface area contributed by atoms with Gasteiger partial charge in [0.25, 0.3) is 5.56 Å². The molecule has 0 saturated carbocycles. The molecule has 1 N–H and O–H groups in total. The number of hydrogen-bond donors (Lipinski definition) is 1. The molecule has 4 rings (SSSR count). The monoisotopic (exact) mass is 432 g/mol. The van der Waals surface area contributed by atoms with Crippen molar-refractivity contribution < 1.29 is 17.2 Å². The van der Waals surface area contributed by atoms with Crippen molar-refractivity contribution in [2.24, 2.45) is 0 Å². The number of nitrogens with zero attached hydrogens (tertiary/aromatic N) is 3. The number of halogens is 2. The Morgan fingerprint density at radius 1 is 1.20 bits per heavy atom. The van der Waals surface area contributed by atoms with Crippen molar-refractivity contribution in [2.45, 2.75) is 24.7 Å². The molecular formula is C20H18F2N4O3S. The van der Waals surface area contributed by atoms with Crippen LogP contribution < -0.4 is 5.56 Å². The lowest BCUT2D eigenvalue weighted by Crippen LogP contribution is -2.36. The van der Waals surface area contributed by atoms with Gasteiger partial charge in [-0.05, 0) is 23.8 Å². The molecule has 1 aromatic carbocycles. The Balaban J connectivity index is 1.51. The van der Waals surface area contributed by atoms with Crippen molar-refractivity contribution >= 4 is 9.84 Å². The first-order valence-corrected chi connectivity index (χ1v) is 11.0. The second kappa shape index (κ2) is 7.69. The number of aromatic amines is 1. The van der Waals surface area contributed by atoms with Crippen LogP contribution in [0.5, 0.6) is 0 Å². The SMILES string of the molecule is CS(=O)(=O)c1nc2c(c(=O)[nH]1)CN(Cc1ccc(-c3ccc(F)cc3F)nc1)CC2. The normalized spacial score (nSPS) is 14.5. The van der Waals surface area contributed by atoms with Crippen LogP contribution in [-0.4, -0.2) is 41.1 Å². The van der Waals surface area contributed by atoms with Crippen LogP contribution >= 0.6 is 0 Å². The molecule has 1 aliphatic rings. The van der Waals surface area contributed by atoms with Gasteiger partial charge in [0.1, 0.15) is 11.6 Å². The summed E-state index contributed by atoms with van der Waals surface area (Å²) < 4.78 is 50.3. The molecule has 0 aliphatic carbocycles. The van der Waals surface area contributed by atoms with E-state index in [-0.39, 0.29) is 10.7 Å². The molecule has 0 saturated heterocycles. The van der Waals surface area contributed by atoms with Crippen LogP contribution in [0.25, 0.3) is 11.3 Å². The highest BCUT2D eigenvalue weighted by Gasteiger charge is 2.23. The molecule has 3 aromatic rings. The second-order valence-corrected chi connectivity index (χ2v) is 9.14. The summed E-state index contributed by atoms with van der Waals surface area (Å²) in [5.74, 6) is -1.32. The Bertz CT molecular complexity index is 1270. The van der Waals surface area contributed by atoms with Crippen molar-refractivity contribution in [1.29, 1.82) is 0 Å². The first-order chi connectivity index (χ1) is 14.2. The van der Waals surface area contributed by atoms with Crippen LogP contribution in [0.3, 0.4) is 0 Å². The maximum atomic E-state index is 13.9. The molecule has 0 fully saturated rings. The van der Waals surface area contributed by atoms with E-state index in [1.165, 1.54) is 12.1 Å². The molecule has 3 heterocycles. The first-order valence-electron chi connectivity index (χ1n) is 9.15. The van der Waals surface area contributed by atoms with E-state index < -0.39 is 27.0 Å². The molecular weight excluding hydrogens is 414 g/mol. The Labute approximate surface area is 171 Å². The number of fused-ring (bicyclic) bond motifs is 1. The van der Waals surface area contributed by atoms with Gasteiger partial charge in [-0.2, -0.15) is 0 Å². The lowest BCUT2D eigenvalue weighted by Gasteiger charge is -2.27. The molecule has 2 aromatic heterocycles. The summed E-state index contributed by atoms with van der Waals surface area (Å²) in [6.07, 6.45) is 3.07.